The second-order valence-corrected chi connectivity index (χ2v) is 11.1. The van der Waals surface area contributed by atoms with E-state index in [9.17, 15) is 9.18 Å². The molecule has 9 heteroatoms. The Bertz CT molecular complexity index is 1230. The van der Waals surface area contributed by atoms with E-state index in [0.29, 0.717) is 21.5 Å². The third-order valence-electron chi connectivity index (χ3n) is 4.50. The maximum absolute atomic E-state index is 13.5. The van der Waals surface area contributed by atoms with Gasteiger partial charge >= 0.3 is 0 Å². The van der Waals surface area contributed by atoms with Crippen molar-refractivity contribution in [3.05, 3.63) is 94.7 Å². The second-order valence-electron chi connectivity index (χ2n) is 6.70. The Hall–Kier alpha value is -1.21. The van der Waals surface area contributed by atoms with Crippen LogP contribution in [-0.4, -0.2) is 10.2 Å². The van der Waals surface area contributed by atoms with Crippen LogP contribution >= 0.6 is 80.8 Å². The van der Waals surface area contributed by atoms with E-state index in [2.05, 4.69) is 45.2 Å². The number of nitrogens with zero attached hydrogens (tertiary/aromatic N) is 1. The lowest BCUT2D eigenvalue weighted by Crippen LogP contribution is -2.27. The zero-order chi connectivity index (χ0) is 22.8. The minimum Gasteiger partial charge on any atom is -0.487 e. The maximum atomic E-state index is 13.5. The predicted octanol–water partition coefficient (Wildman–Crippen LogP) is 7.67. The number of thioether (sulfide) groups is 1. The summed E-state index contributed by atoms with van der Waals surface area (Å²) >= 11 is 16.9. The van der Waals surface area contributed by atoms with Crippen molar-refractivity contribution >= 4 is 103 Å². The normalized spacial score (nSPS) is 15.0. The molecule has 0 radical (unpaired) electrons. The van der Waals surface area contributed by atoms with Crippen molar-refractivity contribution in [3.8, 4) is 5.75 Å². The van der Waals surface area contributed by atoms with Gasteiger partial charge in [0.15, 0.2) is 4.32 Å². The van der Waals surface area contributed by atoms with Crippen molar-refractivity contribution in [2.75, 3.05) is 4.90 Å². The third-order valence-corrected chi connectivity index (χ3v) is 7.69. The number of carbonyl (C=O) groups excluding carboxylic acids is 1. The van der Waals surface area contributed by atoms with E-state index < -0.39 is 5.82 Å². The average Bonchev–Trinajstić information content (AvgIpc) is 3.03. The van der Waals surface area contributed by atoms with Gasteiger partial charge in [0.1, 0.15) is 18.2 Å². The average molecular weight is 708 g/mol. The van der Waals surface area contributed by atoms with Crippen LogP contribution in [0.5, 0.6) is 5.75 Å². The predicted molar refractivity (Wildman–Crippen MR) is 150 cm³/mol. The van der Waals surface area contributed by atoms with Crippen molar-refractivity contribution in [1.29, 1.82) is 0 Å². The highest BCUT2D eigenvalue weighted by Crippen LogP contribution is 2.38. The van der Waals surface area contributed by atoms with Gasteiger partial charge in [-0.25, -0.2) is 4.39 Å². The van der Waals surface area contributed by atoms with Gasteiger partial charge in [0.2, 0.25) is 0 Å². The van der Waals surface area contributed by atoms with Crippen LogP contribution in [0.25, 0.3) is 6.08 Å². The van der Waals surface area contributed by atoms with Crippen LogP contribution in [0.4, 0.5) is 10.1 Å². The number of rotatable bonds is 5. The standard InChI is InChI=1S/C23H13ClFI2NO2S2/c24-16-11-15(6-7-17(16)25)28-22(29)20(32-23(28)31)10-14-8-18(26)21(19(27)9-14)30-12-13-4-2-1-3-5-13/h1-11H,12H2/b20-10+. The first-order valence-electron chi connectivity index (χ1n) is 9.22. The van der Waals surface area contributed by atoms with E-state index in [1.165, 1.54) is 34.9 Å². The molecule has 0 N–H and O–H groups in total. The smallest absolute Gasteiger partial charge is 0.270 e. The number of anilines is 1. The summed E-state index contributed by atoms with van der Waals surface area (Å²) in [5, 5.41) is -0.0595. The summed E-state index contributed by atoms with van der Waals surface area (Å²) in [5.41, 5.74) is 2.40. The van der Waals surface area contributed by atoms with Crippen LogP contribution in [0.1, 0.15) is 11.1 Å². The van der Waals surface area contributed by atoms with Crippen LogP contribution in [0.3, 0.4) is 0 Å². The van der Waals surface area contributed by atoms with Gasteiger partial charge in [0, 0.05) is 0 Å². The van der Waals surface area contributed by atoms with E-state index in [1.54, 1.807) is 6.08 Å². The Morgan fingerprint density at radius 1 is 1.09 bits per heavy atom. The topological polar surface area (TPSA) is 29.5 Å². The molecule has 0 saturated carbocycles. The van der Waals surface area contributed by atoms with Crippen molar-refractivity contribution in [2.45, 2.75) is 6.61 Å². The highest BCUT2D eigenvalue weighted by Gasteiger charge is 2.33. The van der Waals surface area contributed by atoms with Gasteiger partial charge in [-0.1, -0.05) is 65.9 Å². The van der Waals surface area contributed by atoms with Gasteiger partial charge in [-0.2, -0.15) is 0 Å². The monoisotopic (exact) mass is 707 g/mol. The fraction of sp³-hybridized carbons (Fsp3) is 0.0435. The number of amides is 1. The molecule has 162 valence electrons. The molecule has 3 nitrogen and oxygen atoms in total. The summed E-state index contributed by atoms with van der Waals surface area (Å²) in [7, 11) is 0. The lowest BCUT2D eigenvalue weighted by atomic mass is 10.2. The summed E-state index contributed by atoms with van der Waals surface area (Å²) in [6, 6.07) is 18.0. The number of thiocarbonyl (C=S) groups is 1. The first-order chi connectivity index (χ1) is 15.3. The van der Waals surface area contributed by atoms with Crippen molar-refractivity contribution in [3.63, 3.8) is 0 Å². The Morgan fingerprint density at radius 2 is 1.78 bits per heavy atom. The fourth-order valence-electron chi connectivity index (χ4n) is 3.00. The molecule has 3 aromatic rings. The minimum atomic E-state index is -0.546. The van der Waals surface area contributed by atoms with Crippen LogP contribution in [0.2, 0.25) is 5.02 Å². The number of ether oxygens (including phenoxy) is 1. The number of hydrogen-bond acceptors (Lipinski definition) is 4. The molecule has 0 atom stereocenters. The van der Waals surface area contributed by atoms with E-state index in [0.717, 1.165) is 24.0 Å². The van der Waals surface area contributed by atoms with Crippen LogP contribution in [0, 0.1) is 13.0 Å². The Morgan fingerprint density at radius 3 is 2.44 bits per heavy atom. The van der Waals surface area contributed by atoms with Gasteiger partial charge < -0.3 is 4.74 Å². The Balaban J connectivity index is 1.56. The summed E-state index contributed by atoms with van der Waals surface area (Å²) < 4.78 is 21.8. The molecular formula is C23H13ClFI2NO2S2. The van der Waals surface area contributed by atoms with Crippen molar-refractivity contribution in [1.82, 2.24) is 0 Å². The van der Waals surface area contributed by atoms with Gasteiger partial charge in [0.05, 0.1) is 22.8 Å². The lowest BCUT2D eigenvalue weighted by molar-refractivity contribution is -0.113. The largest absolute Gasteiger partial charge is 0.487 e. The second kappa shape index (κ2) is 10.4. The first kappa shape index (κ1) is 23.9. The summed E-state index contributed by atoms with van der Waals surface area (Å²) in [6.07, 6.45) is 1.80. The molecule has 0 unspecified atom stereocenters. The van der Waals surface area contributed by atoms with E-state index in [1.807, 2.05) is 42.5 Å². The maximum Gasteiger partial charge on any atom is 0.270 e. The SMILES string of the molecule is O=C1/C(=C\c2cc(I)c(OCc3ccccc3)c(I)c2)SC(=S)N1c1ccc(F)c(Cl)c1. The molecule has 1 amide bonds. The molecule has 1 fully saturated rings. The molecule has 1 heterocycles. The molecule has 0 spiro atoms. The third kappa shape index (κ3) is 5.30. The van der Waals surface area contributed by atoms with Gasteiger partial charge in [0.25, 0.3) is 5.91 Å². The molecule has 0 bridgehead atoms. The van der Waals surface area contributed by atoms with Crippen LogP contribution in [0.15, 0.2) is 65.6 Å². The molecule has 0 aromatic heterocycles. The zero-order valence-electron chi connectivity index (χ0n) is 16.2. The van der Waals surface area contributed by atoms with Crippen LogP contribution < -0.4 is 9.64 Å². The van der Waals surface area contributed by atoms with Gasteiger partial charge in [-0.15, -0.1) is 0 Å². The highest BCUT2D eigenvalue weighted by atomic mass is 127. The summed E-state index contributed by atoms with van der Waals surface area (Å²) in [5.74, 6) is -0.00655. The zero-order valence-corrected chi connectivity index (χ0v) is 22.9. The molecular weight excluding hydrogens is 695 g/mol. The van der Waals surface area contributed by atoms with E-state index >= 15 is 0 Å². The Kier molecular flexibility index (Phi) is 7.76. The van der Waals surface area contributed by atoms with Gasteiger partial charge in [-0.05, 0) is 92.7 Å². The number of halogens is 4. The molecule has 1 saturated heterocycles. The number of benzene rings is 3. The summed E-state index contributed by atoms with van der Waals surface area (Å²) in [6.45, 7) is 0.477. The van der Waals surface area contributed by atoms with Gasteiger partial charge in [-0.3, -0.25) is 9.69 Å². The first-order valence-corrected chi connectivity index (χ1v) is 13.0. The number of hydrogen-bond donors (Lipinski definition) is 0. The van der Waals surface area contributed by atoms with E-state index in [-0.39, 0.29) is 10.9 Å². The quantitative estimate of drug-likeness (QED) is 0.155. The molecule has 4 rings (SSSR count). The van der Waals surface area contributed by atoms with Crippen molar-refractivity contribution in [2.24, 2.45) is 0 Å². The molecule has 1 aliphatic rings. The fourth-order valence-corrected chi connectivity index (χ4v) is 6.60. The molecule has 3 aromatic carbocycles. The van der Waals surface area contributed by atoms with Crippen LogP contribution in [-0.2, 0) is 11.4 Å². The summed E-state index contributed by atoms with van der Waals surface area (Å²) in [4.78, 5) is 14.8. The molecule has 0 aliphatic carbocycles. The molecule has 1 aliphatic heterocycles. The minimum absolute atomic E-state index is 0.0595. The van der Waals surface area contributed by atoms with Crippen molar-refractivity contribution < 1.29 is 13.9 Å². The molecule has 32 heavy (non-hydrogen) atoms. The number of carbonyl (C=O) groups is 1. The Labute approximate surface area is 226 Å². The van der Waals surface area contributed by atoms with E-state index in [4.69, 9.17) is 28.6 Å². The lowest BCUT2D eigenvalue weighted by Gasteiger charge is -2.14. The highest BCUT2D eigenvalue weighted by molar-refractivity contribution is 14.1.